The lowest BCUT2D eigenvalue weighted by molar-refractivity contribution is -0.870. The molecule has 0 heterocycles. The monoisotopic (exact) mass is 593 g/mol. The van der Waals surface area contributed by atoms with Crippen LogP contribution in [0.25, 0.3) is 0 Å². The van der Waals surface area contributed by atoms with E-state index in [0.29, 0.717) is 17.4 Å². The molecule has 0 fully saturated rings. The number of rotatable bonds is 28. The number of likely N-dealkylation sites (N-methyl/N-ethyl adjacent to an activating group) is 1. The van der Waals surface area contributed by atoms with E-state index in [0.717, 1.165) is 38.5 Å². The van der Waals surface area contributed by atoms with E-state index in [4.69, 9.17) is 18.5 Å². The standard InChI is InChI=1S/C30H60NO8P/c1-6-8-10-12-13-14-15-16-17-18-19-21-23-30(33)39-28(26-36-29(32)22-20-11-9-7-2)27-38-40(34,35)37-25-24-31(3,4)5/h28H,6-27H2,1-5H3. The van der Waals surface area contributed by atoms with E-state index in [2.05, 4.69) is 13.8 Å². The lowest BCUT2D eigenvalue weighted by atomic mass is 10.0. The molecule has 40 heavy (non-hydrogen) atoms. The molecule has 0 aromatic heterocycles. The molecule has 0 radical (unpaired) electrons. The number of quaternary nitrogens is 1. The molecule has 10 heteroatoms. The quantitative estimate of drug-likeness (QED) is 0.0426. The first kappa shape index (κ1) is 39.0. The van der Waals surface area contributed by atoms with Crippen molar-refractivity contribution in [2.45, 2.75) is 136 Å². The summed E-state index contributed by atoms with van der Waals surface area (Å²) in [5.74, 6) is -0.853. The molecule has 0 amide bonds. The number of carbonyl (C=O) groups excluding carboxylic acids is 2. The van der Waals surface area contributed by atoms with Gasteiger partial charge in [-0.3, -0.25) is 14.2 Å². The van der Waals surface area contributed by atoms with Gasteiger partial charge in [0, 0.05) is 12.8 Å². The predicted molar refractivity (Wildman–Crippen MR) is 158 cm³/mol. The number of ether oxygens (including phenoxy) is 2. The highest BCUT2D eigenvalue weighted by Gasteiger charge is 2.21. The van der Waals surface area contributed by atoms with Crippen LogP contribution in [0.4, 0.5) is 0 Å². The minimum absolute atomic E-state index is 0.0273. The second kappa shape index (κ2) is 24.6. The highest BCUT2D eigenvalue weighted by atomic mass is 31.2. The topological polar surface area (TPSA) is 111 Å². The van der Waals surface area contributed by atoms with Crippen molar-refractivity contribution in [3.05, 3.63) is 0 Å². The fraction of sp³-hybridized carbons (Fsp3) is 0.933. The summed E-state index contributed by atoms with van der Waals surface area (Å²) in [5.41, 5.74) is 0. The van der Waals surface area contributed by atoms with Crippen molar-refractivity contribution < 1.29 is 42.1 Å². The van der Waals surface area contributed by atoms with Crippen LogP contribution in [0, 0.1) is 0 Å². The lowest BCUT2D eigenvalue weighted by Crippen LogP contribution is -2.37. The second-order valence-corrected chi connectivity index (χ2v) is 13.2. The minimum Gasteiger partial charge on any atom is -0.756 e. The zero-order chi connectivity index (χ0) is 30.1. The van der Waals surface area contributed by atoms with Crippen LogP contribution in [0.1, 0.15) is 129 Å². The number of hydrogen-bond donors (Lipinski definition) is 0. The van der Waals surface area contributed by atoms with Crippen molar-refractivity contribution >= 4 is 19.8 Å². The van der Waals surface area contributed by atoms with Crippen molar-refractivity contribution in [3.8, 4) is 0 Å². The number of hydrogen-bond acceptors (Lipinski definition) is 8. The summed E-state index contributed by atoms with van der Waals surface area (Å²) < 4.78 is 33.3. The van der Waals surface area contributed by atoms with Gasteiger partial charge in [-0.15, -0.1) is 0 Å². The van der Waals surface area contributed by atoms with Crippen molar-refractivity contribution in [2.75, 3.05) is 47.5 Å². The molecule has 2 atom stereocenters. The first-order valence-electron chi connectivity index (χ1n) is 15.7. The highest BCUT2D eigenvalue weighted by Crippen LogP contribution is 2.38. The van der Waals surface area contributed by atoms with Gasteiger partial charge in [0.2, 0.25) is 0 Å². The van der Waals surface area contributed by atoms with Crippen LogP contribution in [-0.4, -0.2) is 70.0 Å². The summed E-state index contributed by atoms with van der Waals surface area (Å²) in [6, 6.07) is 0. The molecule has 0 aromatic carbocycles. The normalized spacial score (nSPS) is 14.1. The van der Waals surface area contributed by atoms with E-state index in [1.807, 2.05) is 21.1 Å². The first-order valence-corrected chi connectivity index (χ1v) is 17.2. The summed E-state index contributed by atoms with van der Waals surface area (Å²) >= 11 is 0. The van der Waals surface area contributed by atoms with Crippen molar-refractivity contribution in [3.63, 3.8) is 0 Å². The molecule has 9 nitrogen and oxygen atoms in total. The summed E-state index contributed by atoms with van der Waals surface area (Å²) in [6.45, 7) is 4.06. The van der Waals surface area contributed by atoms with Crippen molar-refractivity contribution in [2.24, 2.45) is 0 Å². The Labute approximate surface area is 244 Å². The molecular weight excluding hydrogens is 533 g/mol. The Kier molecular flexibility index (Phi) is 24.0. The third-order valence-electron chi connectivity index (χ3n) is 6.63. The molecule has 0 saturated heterocycles. The number of esters is 2. The van der Waals surface area contributed by atoms with E-state index >= 15 is 0 Å². The summed E-state index contributed by atoms with van der Waals surface area (Å²) in [6.07, 6.45) is 17.6. The maximum atomic E-state index is 12.4. The van der Waals surface area contributed by atoms with Crippen LogP contribution in [0.2, 0.25) is 0 Å². The van der Waals surface area contributed by atoms with Crippen LogP contribution in [-0.2, 0) is 32.7 Å². The van der Waals surface area contributed by atoms with Gasteiger partial charge in [0.05, 0.1) is 27.7 Å². The van der Waals surface area contributed by atoms with Gasteiger partial charge in [0.15, 0.2) is 6.10 Å². The van der Waals surface area contributed by atoms with E-state index in [1.165, 1.54) is 57.8 Å². The van der Waals surface area contributed by atoms with Gasteiger partial charge >= 0.3 is 11.9 Å². The summed E-state index contributed by atoms with van der Waals surface area (Å²) in [4.78, 5) is 36.7. The number of unbranched alkanes of at least 4 members (excludes halogenated alkanes) is 14. The molecule has 2 unspecified atom stereocenters. The van der Waals surface area contributed by atoms with Gasteiger partial charge in [-0.05, 0) is 12.8 Å². The highest BCUT2D eigenvalue weighted by molar-refractivity contribution is 7.45. The van der Waals surface area contributed by atoms with Gasteiger partial charge in [-0.25, -0.2) is 0 Å². The van der Waals surface area contributed by atoms with Gasteiger partial charge in [0.1, 0.15) is 19.8 Å². The molecule has 0 spiro atoms. The predicted octanol–water partition coefficient (Wildman–Crippen LogP) is 6.71. The molecule has 238 valence electrons. The molecule has 0 aliphatic heterocycles. The maximum absolute atomic E-state index is 12.4. The smallest absolute Gasteiger partial charge is 0.306 e. The Morgan fingerprint density at radius 3 is 1.62 bits per heavy atom. The Morgan fingerprint density at radius 2 is 1.12 bits per heavy atom. The van der Waals surface area contributed by atoms with Crippen LogP contribution in [0.5, 0.6) is 0 Å². The summed E-state index contributed by atoms with van der Waals surface area (Å²) in [7, 11) is 1.17. The van der Waals surface area contributed by atoms with Crippen LogP contribution in [0.3, 0.4) is 0 Å². The zero-order valence-corrected chi connectivity index (χ0v) is 27.2. The molecule has 0 saturated carbocycles. The number of carbonyl (C=O) groups is 2. The van der Waals surface area contributed by atoms with E-state index in [-0.39, 0.29) is 26.1 Å². The van der Waals surface area contributed by atoms with Crippen LogP contribution < -0.4 is 4.89 Å². The lowest BCUT2D eigenvalue weighted by Gasteiger charge is -2.28. The Balaban J connectivity index is 4.42. The first-order chi connectivity index (χ1) is 19.0. The molecule has 0 aromatic rings. The third-order valence-corrected chi connectivity index (χ3v) is 7.59. The Bertz CT molecular complexity index is 683. The molecule has 0 N–H and O–H groups in total. The van der Waals surface area contributed by atoms with Gasteiger partial charge in [0.25, 0.3) is 7.82 Å². The van der Waals surface area contributed by atoms with Crippen LogP contribution in [0.15, 0.2) is 0 Å². The minimum atomic E-state index is -4.59. The van der Waals surface area contributed by atoms with E-state index in [9.17, 15) is 19.0 Å². The largest absolute Gasteiger partial charge is 0.756 e. The zero-order valence-electron chi connectivity index (χ0n) is 26.3. The average molecular weight is 594 g/mol. The maximum Gasteiger partial charge on any atom is 0.306 e. The number of phosphoric ester groups is 1. The molecule has 0 rings (SSSR count). The molecule has 0 aliphatic carbocycles. The number of phosphoric acid groups is 1. The van der Waals surface area contributed by atoms with Gasteiger partial charge in [-0.2, -0.15) is 0 Å². The van der Waals surface area contributed by atoms with Crippen molar-refractivity contribution in [1.82, 2.24) is 0 Å². The fourth-order valence-corrected chi connectivity index (χ4v) is 4.79. The second-order valence-electron chi connectivity index (χ2n) is 11.8. The van der Waals surface area contributed by atoms with E-state index < -0.39 is 32.5 Å². The average Bonchev–Trinajstić information content (AvgIpc) is 2.88. The number of nitrogens with zero attached hydrogens (tertiary/aromatic N) is 1. The van der Waals surface area contributed by atoms with Gasteiger partial charge in [-0.1, -0.05) is 104 Å². The Hall–Kier alpha value is -0.990. The van der Waals surface area contributed by atoms with Crippen LogP contribution >= 0.6 is 7.82 Å². The van der Waals surface area contributed by atoms with E-state index in [1.54, 1.807) is 0 Å². The summed E-state index contributed by atoms with van der Waals surface area (Å²) in [5, 5.41) is 0. The molecule has 0 bridgehead atoms. The SMILES string of the molecule is CCCCCCCCCCCCCCC(=O)OC(COC(=O)CCCCCC)COP(=O)([O-])OCC[N+](C)(C)C. The fourth-order valence-electron chi connectivity index (χ4n) is 4.06. The van der Waals surface area contributed by atoms with Gasteiger partial charge < -0.3 is 27.9 Å². The molecule has 0 aliphatic rings. The third kappa shape index (κ3) is 27.2. The molecular formula is C30H60NO8P. The Morgan fingerprint density at radius 1 is 0.675 bits per heavy atom. The van der Waals surface area contributed by atoms with Crippen molar-refractivity contribution in [1.29, 1.82) is 0 Å².